The fourth-order valence-electron chi connectivity index (χ4n) is 1.13. The van der Waals surface area contributed by atoms with Crippen molar-refractivity contribution in [1.82, 2.24) is 10.6 Å². The second-order valence-electron chi connectivity index (χ2n) is 3.82. The Morgan fingerprint density at radius 1 is 1.40 bits per heavy atom. The van der Waals surface area contributed by atoms with E-state index in [9.17, 15) is 4.79 Å². The van der Waals surface area contributed by atoms with E-state index in [-0.39, 0.29) is 5.91 Å². The van der Waals surface area contributed by atoms with Crippen LogP contribution in [0.3, 0.4) is 0 Å². The second-order valence-corrected chi connectivity index (χ2v) is 3.82. The molecule has 0 fully saturated rings. The van der Waals surface area contributed by atoms with Crippen molar-refractivity contribution >= 4 is 12.1 Å². The normalized spacial score (nSPS) is 11.1. The van der Waals surface area contributed by atoms with Crippen LogP contribution in [0.5, 0.6) is 0 Å². The molecular formula is C10H21N3O2. The van der Waals surface area contributed by atoms with Crippen LogP contribution in [-0.2, 0) is 4.79 Å². The van der Waals surface area contributed by atoms with Gasteiger partial charge in [0.15, 0.2) is 0 Å². The van der Waals surface area contributed by atoms with Crippen molar-refractivity contribution in [2.75, 3.05) is 19.6 Å². The smallest absolute Gasteiger partial charge is 0.265 e. The molecule has 0 atom stereocenters. The zero-order valence-corrected chi connectivity index (χ0v) is 9.49. The first-order valence-corrected chi connectivity index (χ1v) is 5.32. The third-order valence-electron chi connectivity index (χ3n) is 1.91. The van der Waals surface area contributed by atoms with E-state index in [2.05, 4.69) is 29.6 Å². The molecular weight excluding hydrogens is 194 g/mol. The van der Waals surface area contributed by atoms with Crippen LogP contribution < -0.4 is 10.6 Å². The van der Waals surface area contributed by atoms with Crippen molar-refractivity contribution in [2.24, 2.45) is 11.1 Å². The molecule has 0 unspecified atom stereocenters. The Morgan fingerprint density at radius 3 is 2.73 bits per heavy atom. The number of amides is 1. The molecule has 0 heterocycles. The molecule has 0 spiro atoms. The van der Waals surface area contributed by atoms with Crippen LogP contribution in [-0.4, -0.2) is 37.0 Å². The maximum Gasteiger partial charge on any atom is 0.265 e. The Morgan fingerprint density at radius 2 is 2.13 bits per heavy atom. The average Bonchev–Trinajstić information content (AvgIpc) is 2.16. The fourth-order valence-corrected chi connectivity index (χ4v) is 1.13. The summed E-state index contributed by atoms with van der Waals surface area (Å²) in [5.41, 5.74) is 0. The van der Waals surface area contributed by atoms with Crippen molar-refractivity contribution < 1.29 is 10.0 Å². The average molecular weight is 215 g/mol. The predicted molar refractivity (Wildman–Crippen MR) is 60.2 cm³/mol. The first kappa shape index (κ1) is 13.9. The van der Waals surface area contributed by atoms with E-state index < -0.39 is 0 Å². The topological polar surface area (TPSA) is 73.7 Å². The summed E-state index contributed by atoms with van der Waals surface area (Å²) < 4.78 is 0. The zero-order chi connectivity index (χ0) is 11.5. The minimum absolute atomic E-state index is 0.374. The highest BCUT2D eigenvalue weighted by Gasteiger charge is 1.95. The highest BCUT2D eigenvalue weighted by atomic mass is 16.4. The summed E-state index contributed by atoms with van der Waals surface area (Å²) in [6.45, 7) is 6.67. The van der Waals surface area contributed by atoms with Crippen molar-refractivity contribution in [3.63, 3.8) is 0 Å². The molecule has 0 saturated carbocycles. The third kappa shape index (κ3) is 10.8. The van der Waals surface area contributed by atoms with Crippen LogP contribution in [0.2, 0.25) is 0 Å². The Bertz CT molecular complexity index is 193. The minimum atomic E-state index is -0.374. The standard InChI is InChI=1S/C10H21N3O2/c1-9(2)4-3-5-11-6-7-12-10(14)8-13-15/h8-9,11,15H,3-7H2,1-2H3,(H,12,14). The van der Waals surface area contributed by atoms with Gasteiger partial charge in [0.25, 0.3) is 5.91 Å². The van der Waals surface area contributed by atoms with Gasteiger partial charge in [-0.05, 0) is 25.3 Å². The molecule has 0 radical (unpaired) electrons. The highest BCUT2D eigenvalue weighted by Crippen LogP contribution is 2.01. The summed E-state index contributed by atoms with van der Waals surface area (Å²) in [6.07, 6.45) is 3.22. The van der Waals surface area contributed by atoms with Gasteiger partial charge in [0.2, 0.25) is 0 Å². The van der Waals surface area contributed by atoms with Crippen molar-refractivity contribution in [3.05, 3.63) is 0 Å². The molecule has 0 bridgehead atoms. The lowest BCUT2D eigenvalue weighted by Crippen LogP contribution is -2.32. The zero-order valence-electron chi connectivity index (χ0n) is 9.49. The molecule has 0 aliphatic heterocycles. The number of carbonyl (C=O) groups excluding carboxylic acids is 1. The number of hydrogen-bond acceptors (Lipinski definition) is 4. The van der Waals surface area contributed by atoms with Crippen LogP contribution in [0.4, 0.5) is 0 Å². The van der Waals surface area contributed by atoms with Gasteiger partial charge in [-0.15, -0.1) is 0 Å². The predicted octanol–water partition coefficient (Wildman–Crippen LogP) is 0.588. The molecule has 15 heavy (non-hydrogen) atoms. The van der Waals surface area contributed by atoms with E-state index in [1.165, 1.54) is 6.42 Å². The maximum atomic E-state index is 10.8. The van der Waals surface area contributed by atoms with Gasteiger partial charge in [-0.25, -0.2) is 0 Å². The van der Waals surface area contributed by atoms with Gasteiger partial charge in [-0.3, -0.25) is 4.79 Å². The molecule has 0 aromatic rings. The molecule has 0 aliphatic carbocycles. The first-order chi connectivity index (χ1) is 7.16. The lowest BCUT2D eigenvalue weighted by Gasteiger charge is -2.06. The van der Waals surface area contributed by atoms with Gasteiger partial charge >= 0.3 is 0 Å². The largest absolute Gasteiger partial charge is 0.411 e. The number of rotatable bonds is 8. The van der Waals surface area contributed by atoms with Gasteiger partial charge < -0.3 is 15.8 Å². The number of hydrogen-bond donors (Lipinski definition) is 3. The minimum Gasteiger partial charge on any atom is -0.411 e. The van der Waals surface area contributed by atoms with Gasteiger partial charge in [-0.1, -0.05) is 19.0 Å². The SMILES string of the molecule is CC(C)CCCNCCNC(=O)C=NO. The molecule has 0 rings (SSSR count). The maximum absolute atomic E-state index is 10.8. The molecule has 5 nitrogen and oxygen atoms in total. The molecule has 0 aromatic carbocycles. The van der Waals surface area contributed by atoms with Crippen LogP contribution in [0.15, 0.2) is 5.16 Å². The van der Waals surface area contributed by atoms with Gasteiger partial charge in [0.1, 0.15) is 6.21 Å². The fraction of sp³-hybridized carbons (Fsp3) is 0.800. The molecule has 88 valence electrons. The van der Waals surface area contributed by atoms with Gasteiger partial charge in [-0.2, -0.15) is 0 Å². The van der Waals surface area contributed by atoms with Crippen LogP contribution in [0.25, 0.3) is 0 Å². The van der Waals surface area contributed by atoms with Gasteiger partial charge in [0, 0.05) is 13.1 Å². The second kappa shape index (κ2) is 9.45. The first-order valence-electron chi connectivity index (χ1n) is 5.32. The van der Waals surface area contributed by atoms with Crippen molar-refractivity contribution in [2.45, 2.75) is 26.7 Å². The van der Waals surface area contributed by atoms with E-state index in [0.29, 0.717) is 6.54 Å². The number of nitrogens with one attached hydrogen (secondary N) is 2. The summed E-state index contributed by atoms with van der Waals surface area (Å²) in [4.78, 5) is 10.8. The summed E-state index contributed by atoms with van der Waals surface area (Å²) in [5, 5.41) is 16.5. The van der Waals surface area contributed by atoms with Crippen LogP contribution in [0.1, 0.15) is 26.7 Å². The van der Waals surface area contributed by atoms with Crippen molar-refractivity contribution in [3.8, 4) is 0 Å². The van der Waals surface area contributed by atoms with E-state index in [4.69, 9.17) is 5.21 Å². The molecule has 3 N–H and O–H groups in total. The summed E-state index contributed by atoms with van der Waals surface area (Å²) >= 11 is 0. The van der Waals surface area contributed by atoms with Gasteiger partial charge in [0.05, 0.1) is 0 Å². The van der Waals surface area contributed by atoms with Crippen LogP contribution >= 0.6 is 0 Å². The highest BCUT2D eigenvalue weighted by molar-refractivity contribution is 6.25. The number of oxime groups is 1. The van der Waals surface area contributed by atoms with E-state index in [1.54, 1.807) is 0 Å². The number of carbonyl (C=O) groups is 1. The molecule has 5 heteroatoms. The van der Waals surface area contributed by atoms with E-state index in [0.717, 1.165) is 31.6 Å². The van der Waals surface area contributed by atoms with Crippen LogP contribution in [0, 0.1) is 5.92 Å². The van der Waals surface area contributed by atoms with E-state index >= 15 is 0 Å². The quantitative estimate of drug-likeness (QED) is 0.240. The summed E-state index contributed by atoms with van der Waals surface area (Å²) in [7, 11) is 0. The Hall–Kier alpha value is -1.10. The molecule has 0 aliphatic rings. The third-order valence-corrected chi connectivity index (χ3v) is 1.91. The van der Waals surface area contributed by atoms with Crippen molar-refractivity contribution in [1.29, 1.82) is 0 Å². The lowest BCUT2D eigenvalue weighted by atomic mass is 10.1. The molecule has 1 amide bonds. The summed E-state index contributed by atoms with van der Waals surface area (Å²) in [5.74, 6) is 0.369. The number of nitrogens with zero attached hydrogens (tertiary/aromatic N) is 1. The Balaban J connectivity index is 3.15. The Labute approximate surface area is 90.9 Å². The monoisotopic (exact) mass is 215 g/mol. The molecule has 0 saturated heterocycles. The molecule has 0 aromatic heterocycles. The van der Waals surface area contributed by atoms with E-state index in [1.807, 2.05) is 0 Å². The lowest BCUT2D eigenvalue weighted by molar-refractivity contribution is -0.114. The Kier molecular flexibility index (Phi) is 8.76. The summed E-state index contributed by atoms with van der Waals surface area (Å²) in [6, 6.07) is 0.